The quantitative estimate of drug-likeness (QED) is 0.448. The Morgan fingerprint density at radius 3 is 2.63 bits per heavy atom. The van der Waals surface area contributed by atoms with Crippen LogP contribution in [0.25, 0.3) is 0 Å². The first-order chi connectivity index (χ1) is 16.6. The fraction of sp³-hybridized carbons (Fsp3) is 0.286. The third kappa shape index (κ3) is 6.01. The summed E-state index contributed by atoms with van der Waals surface area (Å²) in [5, 5.41) is 9.45. The summed E-state index contributed by atoms with van der Waals surface area (Å²) in [6.45, 7) is 3.85. The minimum Gasteiger partial charge on any atom is -0.487 e. The van der Waals surface area contributed by atoms with Gasteiger partial charge in [0.15, 0.2) is 0 Å². The van der Waals surface area contributed by atoms with Crippen molar-refractivity contribution < 1.29 is 23.8 Å². The number of carboxylic acids is 1. The third-order valence-corrected chi connectivity index (χ3v) is 6.46. The first kappa shape index (κ1) is 24.7. The van der Waals surface area contributed by atoms with Gasteiger partial charge in [0.25, 0.3) is 5.91 Å². The number of nitrogens with zero attached hydrogens (tertiary/aromatic N) is 1. The molecule has 0 aliphatic carbocycles. The highest BCUT2D eigenvalue weighted by Crippen LogP contribution is 2.38. The Morgan fingerprint density at radius 2 is 1.91 bits per heavy atom. The van der Waals surface area contributed by atoms with Crippen LogP contribution < -0.4 is 4.74 Å². The van der Waals surface area contributed by atoms with Gasteiger partial charge in [-0.2, -0.15) is 0 Å². The summed E-state index contributed by atoms with van der Waals surface area (Å²) in [5.41, 5.74) is 3.60. The van der Waals surface area contributed by atoms with E-state index in [0.717, 1.165) is 22.3 Å². The molecule has 1 aliphatic heterocycles. The van der Waals surface area contributed by atoms with Gasteiger partial charge in [0, 0.05) is 24.9 Å². The first-order valence-corrected chi connectivity index (χ1v) is 11.8. The number of hydrogen-bond donors (Lipinski definition) is 1. The lowest BCUT2D eigenvalue weighted by Crippen LogP contribution is -2.37. The smallest absolute Gasteiger partial charge is 0.323 e. The molecular formula is C28H27ClFNO4. The number of aryl methyl sites for hydroxylation is 1. The van der Waals surface area contributed by atoms with Crippen molar-refractivity contribution in [1.82, 2.24) is 4.90 Å². The van der Waals surface area contributed by atoms with E-state index in [0.29, 0.717) is 37.1 Å². The molecule has 0 spiro atoms. The molecule has 4 rings (SSSR count). The summed E-state index contributed by atoms with van der Waals surface area (Å²) in [6.07, 6.45) is 1.57. The van der Waals surface area contributed by atoms with Crippen LogP contribution in [0.2, 0.25) is 5.02 Å². The lowest BCUT2D eigenvalue weighted by atomic mass is 9.91. The first-order valence-electron chi connectivity index (χ1n) is 11.4. The van der Waals surface area contributed by atoms with E-state index in [1.165, 1.54) is 17.0 Å². The molecule has 3 aromatic rings. The number of benzene rings is 3. The molecule has 35 heavy (non-hydrogen) atoms. The summed E-state index contributed by atoms with van der Waals surface area (Å²) in [7, 11) is 0. The van der Waals surface area contributed by atoms with Gasteiger partial charge >= 0.3 is 5.97 Å². The van der Waals surface area contributed by atoms with Crippen molar-refractivity contribution in [3.8, 4) is 5.75 Å². The minimum atomic E-state index is -1.06. The second-order valence-corrected chi connectivity index (χ2v) is 9.74. The van der Waals surface area contributed by atoms with Crippen LogP contribution in [0, 0.1) is 12.7 Å². The molecule has 1 unspecified atom stereocenters. The fourth-order valence-corrected chi connectivity index (χ4v) is 4.68. The molecule has 1 amide bonds. The van der Waals surface area contributed by atoms with E-state index >= 15 is 0 Å². The average molecular weight is 496 g/mol. The van der Waals surface area contributed by atoms with Crippen LogP contribution in [0.4, 0.5) is 4.39 Å². The van der Waals surface area contributed by atoms with E-state index < -0.39 is 17.4 Å². The molecule has 3 aromatic carbocycles. The molecule has 1 heterocycles. The van der Waals surface area contributed by atoms with Gasteiger partial charge in [0.1, 0.15) is 23.7 Å². The predicted molar refractivity (Wildman–Crippen MR) is 133 cm³/mol. The molecule has 0 aromatic heterocycles. The topological polar surface area (TPSA) is 66.8 Å². The Bertz CT molecular complexity index is 1280. The molecule has 182 valence electrons. The molecule has 1 aliphatic rings. The molecule has 0 fully saturated rings. The monoisotopic (exact) mass is 495 g/mol. The van der Waals surface area contributed by atoms with Crippen LogP contribution in [0.15, 0.2) is 60.7 Å². The Morgan fingerprint density at radius 1 is 1.11 bits per heavy atom. The van der Waals surface area contributed by atoms with E-state index in [9.17, 15) is 19.1 Å². The second kappa shape index (κ2) is 10.1. The van der Waals surface area contributed by atoms with E-state index in [4.69, 9.17) is 16.3 Å². The van der Waals surface area contributed by atoms with E-state index in [-0.39, 0.29) is 17.5 Å². The number of amides is 1. The van der Waals surface area contributed by atoms with Crippen LogP contribution in [-0.4, -0.2) is 40.6 Å². The zero-order valence-electron chi connectivity index (χ0n) is 19.7. The van der Waals surface area contributed by atoms with E-state index in [1.807, 2.05) is 38.1 Å². The Kier molecular flexibility index (Phi) is 7.13. The normalized spacial score (nSPS) is 16.5. The van der Waals surface area contributed by atoms with Gasteiger partial charge in [-0.25, -0.2) is 4.39 Å². The number of aliphatic carboxylic acids is 1. The molecular weight excluding hydrogens is 469 g/mol. The van der Waals surface area contributed by atoms with Crippen molar-refractivity contribution in [1.29, 1.82) is 0 Å². The standard InChI is InChI=1S/C28H27ClFNO4/c1-18-4-3-5-19(12-18)10-11-31(17-26(32)33)27(34)21-7-9-25-22(14-21)16-28(2,35-25)15-20-6-8-23(29)24(30)13-20/h3-9,12-14H,10-11,15-17H2,1-2H3,(H,32,33). The SMILES string of the molecule is Cc1cccc(CCN(CC(=O)O)C(=O)c2ccc3c(c2)CC(C)(Cc2ccc(Cl)c(F)c2)O3)c1. The number of ether oxygens (including phenoxy) is 1. The van der Waals surface area contributed by atoms with E-state index in [2.05, 4.69) is 0 Å². The van der Waals surface area contributed by atoms with Crippen LogP contribution in [0.3, 0.4) is 0 Å². The summed E-state index contributed by atoms with van der Waals surface area (Å²) in [6, 6.07) is 17.8. The van der Waals surface area contributed by atoms with Crippen molar-refractivity contribution in [3.63, 3.8) is 0 Å². The predicted octanol–water partition coefficient (Wildman–Crippen LogP) is 5.49. The number of fused-ring (bicyclic) bond motifs is 1. The highest BCUT2D eigenvalue weighted by atomic mass is 35.5. The van der Waals surface area contributed by atoms with Crippen LogP contribution >= 0.6 is 11.6 Å². The number of rotatable bonds is 8. The summed E-state index contributed by atoms with van der Waals surface area (Å²) in [4.78, 5) is 26.1. The van der Waals surface area contributed by atoms with Crippen molar-refractivity contribution in [2.75, 3.05) is 13.1 Å². The lowest BCUT2D eigenvalue weighted by Gasteiger charge is -2.24. The minimum absolute atomic E-state index is 0.0750. The molecule has 0 saturated heterocycles. The van der Waals surface area contributed by atoms with Crippen molar-refractivity contribution in [3.05, 3.63) is 99.3 Å². The maximum Gasteiger partial charge on any atom is 0.323 e. The largest absolute Gasteiger partial charge is 0.487 e. The maximum absolute atomic E-state index is 13.9. The van der Waals surface area contributed by atoms with E-state index in [1.54, 1.807) is 24.3 Å². The summed E-state index contributed by atoms with van der Waals surface area (Å²) < 4.78 is 20.1. The molecule has 0 radical (unpaired) electrons. The summed E-state index contributed by atoms with van der Waals surface area (Å²) >= 11 is 5.79. The zero-order chi connectivity index (χ0) is 25.2. The van der Waals surface area contributed by atoms with Gasteiger partial charge in [-0.3, -0.25) is 9.59 Å². The Balaban J connectivity index is 1.49. The van der Waals surface area contributed by atoms with Gasteiger partial charge in [-0.05, 0) is 67.3 Å². The molecule has 5 nitrogen and oxygen atoms in total. The molecule has 0 saturated carbocycles. The van der Waals surface area contributed by atoms with Crippen molar-refractivity contribution in [2.24, 2.45) is 0 Å². The highest BCUT2D eigenvalue weighted by molar-refractivity contribution is 6.30. The van der Waals surface area contributed by atoms with Gasteiger partial charge in [0.2, 0.25) is 0 Å². The number of hydrogen-bond acceptors (Lipinski definition) is 3. The third-order valence-electron chi connectivity index (χ3n) is 6.16. The maximum atomic E-state index is 13.9. The van der Waals surface area contributed by atoms with Gasteiger partial charge in [-0.15, -0.1) is 0 Å². The lowest BCUT2D eigenvalue weighted by molar-refractivity contribution is -0.137. The van der Waals surface area contributed by atoms with Crippen LogP contribution in [0.1, 0.15) is 39.5 Å². The van der Waals surface area contributed by atoms with Crippen LogP contribution in [-0.2, 0) is 24.1 Å². The number of carbonyl (C=O) groups excluding carboxylic acids is 1. The van der Waals surface area contributed by atoms with Crippen LogP contribution in [0.5, 0.6) is 5.75 Å². The van der Waals surface area contributed by atoms with Gasteiger partial charge in [-0.1, -0.05) is 47.5 Å². The average Bonchev–Trinajstić information content (AvgIpc) is 3.13. The van der Waals surface area contributed by atoms with Crippen molar-refractivity contribution in [2.45, 2.75) is 38.7 Å². The molecule has 1 atom stereocenters. The highest BCUT2D eigenvalue weighted by Gasteiger charge is 2.36. The molecule has 0 bridgehead atoms. The zero-order valence-corrected chi connectivity index (χ0v) is 20.4. The summed E-state index contributed by atoms with van der Waals surface area (Å²) in [5.74, 6) is -1.20. The number of halogens is 2. The molecule has 1 N–H and O–H groups in total. The second-order valence-electron chi connectivity index (χ2n) is 9.34. The molecule has 7 heteroatoms. The fourth-order valence-electron chi connectivity index (χ4n) is 4.56. The van der Waals surface area contributed by atoms with Gasteiger partial charge in [0.05, 0.1) is 5.02 Å². The number of carbonyl (C=O) groups is 2. The number of carboxylic acid groups (broad SMARTS) is 1. The Labute approximate surface area is 209 Å². The van der Waals surface area contributed by atoms with Crippen molar-refractivity contribution >= 4 is 23.5 Å². The Hall–Kier alpha value is -3.38. The van der Waals surface area contributed by atoms with Gasteiger partial charge < -0.3 is 14.7 Å².